The Kier molecular flexibility index (Phi) is 8.61. The molecule has 2 aromatic carbocycles. The summed E-state index contributed by atoms with van der Waals surface area (Å²) in [5.74, 6) is -1.83. The third-order valence-electron chi connectivity index (χ3n) is 7.69. The van der Waals surface area contributed by atoms with Gasteiger partial charge in [0.05, 0.1) is 5.56 Å². The van der Waals surface area contributed by atoms with Crippen LogP contribution in [0.2, 0.25) is 0 Å². The van der Waals surface area contributed by atoms with Crippen LogP contribution in [0.5, 0.6) is 17.2 Å². The van der Waals surface area contributed by atoms with Crippen molar-refractivity contribution in [3.63, 3.8) is 0 Å². The zero-order valence-corrected chi connectivity index (χ0v) is 24.3. The first-order valence-corrected chi connectivity index (χ1v) is 14.3. The monoisotopic (exact) mass is 585 g/mol. The Labute approximate surface area is 249 Å². The van der Waals surface area contributed by atoms with Gasteiger partial charge in [0.2, 0.25) is 17.7 Å². The van der Waals surface area contributed by atoms with Crippen molar-refractivity contribution in [2.45, 2.75) is 58.3 Å². The maximum atomic E-state index is 13.8. The lowest BCUT2D eigenvalue weighted by molar-refractivity contribution is -0.138. The summed E-state index contributed by atoms with van der Waals surface area (Å²) in [5, 5.41) is 18.5. The van der Waals surface area contributed by atoms with E-state index in [-0.39, 0.29) is 29.6 Å². The number of phenols is 1. The minimum absolute atomic E-state index is 0.0584. The van der Waals surface area contributed by atoms with E-state index in [1.165, 1.54) is 25.1 Å². The highest BCUT2D eigenvalue weighted by Crippen LogP contribution is 2.28. The molecule has 0 spiro atoms. The molecule has 0 saturated carbocycles. The lowest BCUT2D eigenvalue weighted by Gasteiger charge is -2.32. The van der Waals surface area contributed by atoms with Crippen LogP contribution in [0.25, 0.3) is 0 Å². The lowest BCUT2D eigenvalue weighted by Crippen LogP contribution is -2.57. The molecule has 3 aliphatic heterocycles. The fraction of sp³-hybridized carbons (Fsp3) is 0.344. The van der Waals surface area contributed by atoms with Crippen molar-refractivity contribution >= 4 is 23.6 Å². The molecule has 3 aromatic rings. The van der Waals surface area contributed by atoms with Crippen LogP contribution in [-0.4, -0.2) is 63.3 Å². The van der Waals surface area contributed by atoms with E-state index in [1.54, 1.807) is 49.2 Å². The molecule has 3 aliphatic rings. The number of pyridine rings is 1. The van der Waals surface area contributed by atoms with Gasteiger partial charge in [-0.15, -0.1) is 0 Å². The number of rotatable bonds is 2. The number of benzene rings is 2. The highest BCUT2D eigenvalue weighted by Gasteiger charge is 2.32. The molecule has 4 heterocycles. The average molecular weight is 586 g/mol. The van der Waals surface area contributed by atoms with Gasteiger partial charge in [-0.3, -0.25) is 24.2 Å². The van der Waals surface area contributed by atoms with E-state index in [9.17, 15) is 24.3 Å². The number of amides is 4. The zero-order valence-electron chi connectivity index (χ0n) is 24.3. The summed E-state index contributed by atoms with van der Waals surface area (Å²) in [6, 6.07) is 12.2. The maximum Gasteiger partial charge on any atom is 0.255 e. The summed E-state index contributed by atoms with van der Waals surface area (Å²) >= 11 is 0. The van der Waals surface area contributed by atoms with E-state index in [1.807, 2.05) is 12.1 Å². The van der Waals surface area contributed by atoms with Crippen molar-refractivity contribution < 1.29 is 29.0 Å². The first-order chi connectivity index (χ1) is 20.6. The third-order valence-corrected chi connectivity index (χ3v) is 7.69. The number of hydrogen-bond acceptors (Lipinski definition) is 7. The standard InChI is InChI=1S/C32H35N5O6/c1-18(2)28-31(41)34-19(3)29(39)35-26(32(42)37-14-12-25-21(17-37)5-4-13-33-25)15-20-6-8-22(9-7-20)43-23-10-11-27(38)24(16-23)30(40)36-28/h4-11,13,16,18-19,26,28,38H,12,14-15,17H2,1-3H3,(H,34,41)(H,35,39)(H,36,40)/t19-,26-,28-/m0/s1. The number of aromatic hydroxyl groups is 1. The van der Waals surface area contributed by atoms with Crippen LogP contribution in [0.4, 0.5) is 0 Å². The molecule has 0 unspecified atom stereocenters. The molecule has 0 fully saturated rings. The Bertz CT molecular complexity index is 1540. The van der Waals surface area contributed by atoms with Gasteiger partial charge in [-0.05, 0) is 60.4 Å². The number of nitrogens with one attached hydrogen (secondary N) is 3. The lowest BCUT2D eigenvalue weighted by atomic mass is 10.0. The number of carbonyl (C=O) groups excluding carboxylic acids is 4. The third kappa shape index (κ3) is 6.77. The average Bonchev–Trinajstić information content (AvgIpc) is 2.99. The normalized spacial score (nSPS) is 21.1. The highest BCUT2D eigenvalue weighted by atomic mass is 16.5. The Hall–Kier alpha value is -4.93. The second-order valence-corrected chi connectivity index (χ2v) is 11.2. The Balaban J connectivity index is 1.46. The van der Waals surface area contributed by atoms with E-state index in [4.69, 9.17) is 4.74 Å². The summed E-state index contributed by atoms with van der Waals surface area (Å²) in [7, 11) is 0. The Morgan fingerprint density at radius 1 is 1.00 bits per heavy atom. The van der Waals surface area contributed by atoms with Gasteiger partial charge in [0.1, 0.15) is 35.4 Å². The van der Waals surface area contributed by atoms with Gasteiger partial charge >= 0.3 is 0 Å². The number of nitrogens with zero attached hydrogens (tertiary/aromatic N) is 2. The van der Waals surface area contributed by atoms with Crippen LogP contribution in [0.3, 0.4) is 0 Å². The molecular formula is C32H35N5O6. The van der Waals surface area contributed by atoms with Gasteiger partial charge in [0.25, 0.3) is 5.91 Å². The van der Waals surface area contributed by atoms with Gasteiger partial charge in [0, 0.05) is 37.8 Å². The van der Waals surface area contributed by atoms with Gasteiger partial charge in [-0.25, -0.2) is 0 Å². The number of fused-ring (bicyclic) bond motifs is 12. The van der Waals surface area contributed by atoms with E-state index in [2.05, 4.69) is 20.9 Å². The molecule has 6 rings (SSSR count). The van der Waals surface area contributed by atoms with Gasteiger partial charge in [-0.2, -0.15) is 0 Å². The molecule has 0 aliphatic carbocycles. The molecule has 0 saturated heterocycles. The summed E-state index contributed by atoms with van der Waals surface area (Å²) in [6.07, 6.45) is 2.57. The van der Waals surface area contributed by atoms with Gasteiger partial charge in [-0.1, -0.05) is 32.0 Å². The minimum Gasteiger partial charge on any atom is -0.507 e. The smallest absolute Gasteiger partial charge is 0.255 e. The van der Waals surface area contributed by atoms with Crippen molar-refractivity contribution in [2.24, 2.45) is 5.92 Å². The molecule has 4 N–H and O–H groups in total. The van der Waals surface area contributed by atoms with Crippen molar-refractivity contribution in [3.05, 3.63) is 83.2 Å². The topological polar surface area (TPSA) is 150 Å². The molecule has 11 heteroatoms. The van der Waals surface area contributed by atoms with E-state index in [0.29, 0.717) is 31.0 Å². The molecule has 224 valence electrons. The highest BCUT2D eigenvalue weighted by molar-refractivity contribution is 6.00. The minimum atomic E-state index is -1.00. The van der Waals surface area contributed by atoms with Crippen molar-refractivity contribution in [1.82, 2.24) is 25.8 Å². The van der Waals surface area contributed by atoms with Crippen LogP contribution in [0.1, 0.15) is 48.0 Å². The Morgan fingerprint density at radius 2 is 1.74 bits per heavy atom. The molecule has 3 atom stereocenters. The van der Waals surface area contributed by atoms with Crippen LogP contribution in [-0.2, 0) is 33.8 Å². The van der Waals surface area contributed by atoms with Crippen LogP contribution in [0.15, 0.2) is 60.8 Å². The molecule has 11 nitrogen and oxygen atoms in total. The van der Waals surface area contributed by atoms with E-state index >= 15 is 0 Å². The predicted octanol–water partition coefficient (Wildman–Crippen LogP) is 2.46. The fourth-order valence-corrected chi connectivity index (χ4v) is 5.22. The van der Waals surface area contributed by atoms with Gasteiger partial charge in [0.15, 0.2) is 0 Å². The van der Waals surface area contributed by atoms with Crippen LogP contribution in [0, 0.1) is 5.92 Å². The number of hydrogen-bond donors (Lipinski definition) is 4. The van der Waals surface area contributed by atoms with Crippen LogP contribution < -0.4 is 20.7 Å². The van der Waals surface area contributed by atoms with Crippen molar-refractivity contribution in [3.8, 4) is 17.2 Å². The number of phenolic OH excluding ortho intramolecular Hbond substituents is 1. The molecule has 4 amide bonds. The summed E-state index contributed by atoms with van der Waals surface area (Å²) in [5.41, 5.74) is 2.65. The second kappa shape index (κ2) is 12.5. The predicted molar refractivity (Wildman–Crippen MR) is 157 cm³/mol. The second-order valence-electron chi connectivity index (χ2n) is 11.2. The molecule has 0 radical (unpaired) electrons. The Morgan fingerprint density at radius 3 is 2.49 bits per heavy atom. The number of aromatic nitrogens is 1. The summed E-state index contributed by atoms with van der Waals surface area (Å²) < 4.78 is 5.93. The molecule has 4 bridgehead atoms. The van der Waals surface area contributed by atoms with Crippen molar-refractivity contribution in [1.29, 1.82) is 0 Å². The van der Waals surface area contributed by atoms with Gasteiger partial charge < -0.3 is 30.7 Å². The molecule has 43 heavy (non-hydrogen) atoms. The van der Waals surface area contributed by atoms with E-state index < -0.39 is 35.8 Å². The largest absolute Gasteiger partial charge is 0.507 e. The SMILES string of the molecule is CC(C)[C@@H]1NC(=O)c2cc(ccc2O)Oc2ccc(cc2)C[C@@H](C(=O)N2CCc3ncccc3C2)NC(=O)[C@H](C)NC1=O. The zero-order chi connectivity index (χ0) is 30.7. The first-order valence-electron chi connectivity index (χ1n) is 14.3. The molecular weight excluding hydrogens is 550 g/mol. The summed E-state index contributed by atoms with van der Waals surface area (Å²) in [6.45, 7) is 5.89. The van der Waals surface area contributed by atoms with Crippen LogP contribution >= 0.6 is 0 Å². The first kappa shape index (κ1) is 29.6. The summed E-state index contributed by atoms with van der Waals surface area (Å²) in [4.78, 5) is 59.7. The van der Waals surface area contributed by atoms with Crippen molar-refractivity contribution in [2.75, 3.05) is 6.54 Å². The molecule has 1 aromatic heterocycles. The maximum absolute atomic E-state index is 13.8. The number of ether oxygens (including phenoxy) is 1. The quantitative estimate of drug-likeness (QED) is 0.338. The van der Waals surface area contributed by atoms with E-state index in [0.717, 1.165) is 16.8 Å². The fourth-order valence-electron chi connectivity index (χ4n) is 5.22. The number of carbonyl (C=O) groups is 4.